The first-order valence-electron chi connectivity index (χ1n) is 8.97. The van der Waals surface area contributed by atoms with Crippen molar-refractivity contribution in [3.63, 3.8) is 0 Å². The molecule has 1 aromatic rings. The van der Waals surface area contributed by atoms with Crippen molar-refractivity contribution in [3.8, 4) is 5.75 Å². The molecule has 7 heteroatoms. The lowest BCUT2D eigenvalue weighted by molar-refractivity contribution is -0.139. The zero-order chi connectivity index (χ0) is 18.9. The molecule has 1 saturated heterocycles. The Hall–Kier alpha value is -2.28. The van der Waals surface area contributed by atoms with Gasteiger partial charge < -0.3 is 24.2 Å². The number of carbonyl (C=O) groups excluding carboxylic acids is 2. The van der Waals surface area contributed by atoms with E-state index in [0.717, 1.165) is 30.9 Å². The van der Waals surface area contributed by atoms with Gasteiger partial charge in [-0.25, -0.2) is 0 Å². The number of ether oxygens (including phenoxy) is 2. The van der Waals surface area contributed by atoms with Gasteiger partial charge in [-0.05, 0) is 18.6 Å². The summed E-state index contributed by atoms with van der Waals surface area (Å²) in [6.07, 6.45) is 0.727. The zero-order valence-electron chi connectivity index (χ0n) is 15.9. The van der Waals surface area contributed by atoms with E-state index < -0.39 is 0 Å². The molecule has 2 amide bonds. The minimum atomic E-state index is -0.0814. The summed E-state index contributed by atoms with van der Waals surface area (Å²) < 4.78 is 10.4. The number of rotatable bonds is 8. The second-order valence-corrected chi connectivity index (χ2v) is 6.33. The summed E-state index contributed by atoms with van der Waals surface area (Å²) in [5.74, 6) is 0.757. The molecule has 0 aliphatic carbocycles. The number of carbonyl (C=O) groups is 2. The highest BCUT2D eigenvalue weighted by atomic mass is 16.5. The van der Waals surface area contributed by atoms with Gasteiger partial charge in [-0.15, -0.1) is 0 Å². The van der Waals surface area contributed by atoms with Crippen molar-refractivity contribution in [3.05, 3.63) is 24.3 Å². The Balaban J connectivity index is 1.88. The summed E-state index contributed by atoms with van der Waals surface area (Å²) in [4.78, 5) is 30.0. The van der Waals surface area contributed by atoms with Gasteiger partial charge in [-0.3, -0.25) is 9.59 Å². The Labute approximate surface area is 155 Å². The van der Waals surface area contributed by atoms with Crippen molar-refractivity contribution in [2.75, 3.05) is 65.0 Å². The van der Waals surface area contributed by atoms with Gasteiger partial charge in [0.2, 0.25) is 11.8 Å². The molecule has 0 bridgehead atoms. The van der Waals surface area contributed by atoms with Gasteiger partial charge in [0.15, 0.2) is 0 Å². The summed E-state index contributed by atoms with van der Waals surface area (Å²) in [5, 5.41) is 0. The van der Waals surface area contributed by atoms with Crippen LogP contribution in [0.25, 0.3) is 0 Å². The molecule has 1 fully saturated rings. The van der Waals surface area contributed by atoms with Crippen LogP contribution in [-0.4, -0.2) is 81.7 Å². The maximum Gasteiger partial charge on any atom is 0.242 e. The molecule has 7 nitrogen and oxygen atoms in total. The van der Waals surface area contributed by atoms with E-state index in [2.05, 4.69) is 4.90 Å². The van der Waals surface area contributed by atoms with E-state index in [1.807, 2.05) is 29.2 Å². The summed E-state index contributed by atoms with van der Waals surface area (Å²) in [7, 11) is 3.29. The van der Waals surface area contributed by atoms with Gasteiger partial charge in [0.1, 0.15) is 5.75 Å². The zero-order valence-corrected chi connectivity index (χ0v) is 15.9. The molecule has 1 aliphatic rings. The number of benzene rings is 1. The standard InChI is InChI=1S/C19H29N3O4/c1-16(23)22(9-6-14-25-2)15-19(24)21-12-10-20(11-13-21)17-7-4-5-8-18(17)26-3/h4-5,7-8H,6,9-15H2,1-3H3. The van der Waals surface area contributed by atoms with Gasteiger partial charge >= 0.3 is 0 Å². The smallest absolute Gasteiger partial charge is 0.242 e. The van der Waals surface area contributed by atoms with Gasteiger partial charge in [0.25, 0.3) is 0 Å². The summed E-state index contributed by atoms with van der Waals surface area (Å²) in [6, 6.07) is 7.91. The van der Waals surface area contributed by atoms with Crippen molar-refractivity contribution >= 4 is 17.5 Å². The molecule has 144 valence electrons. The largest absolute Gasteiger partial charge is 0.495 e. The predicted molar refractivity (Wildman–Crippen MR) is 101 cm³/mol. The quantitative estimate of drug-likeness (QED) is 0.650. The van der Waals surface area contributed by atoms with E-state index in [9.17, 15) is 9.59 Å². The molecule has 2 rings (SSSR count). The van der Waals surface area contributed by atoms with Crippen LogP contribution in [0.15, 0.2) is 24.3 Å². The molecule has 0 radical (unpaired) electrons. The van der Waals surface area contributed by atoms with E-state index in [0.29, 0.717) is 26.2 Å². The second-order valence-electron chi connectivity index (χ2n) is 6.33. The maximum atomic E-state index is 12.6. The van der Waals surface area contributed by atoms with Crippen LogP contribution >= 0.6 is 0 Å². The molecule has 26 heavy (non-hydrogen) atoms. The van der Waals surface area contributed by atoms with E-state index in [-0.39, 0.29) is 18.4 Å². The van der Waals surface area contributed by atoms with Crippen LogP contribution < -0.4 is 9.64 Å². The van der Waals surface area contributed by atoms with Gasteiger partial charge in [-0.2, -0.15) is 0 Å². The Morgan fingerprint density at radius 1 is 1.12 bits per heavy atom. The number of nitrogens with zero attached hydrogens (tertiary/aromatic N) is 3. The average Bonchev–Trinajstić information content (AvgIpc) is 2.67. The third kappa shape index (κ3) is 5.36. The number of methoxy groups -OCH3 is 2. The van der Waals surface area contributed by atoms with E-state index >= 15 is 0 Å². The highest BCUT2D eigenvalue weighted by molar-refractivity contribution is 5.84. The van der Waals surface area contributed by atoms with Crippen LogP contribution in [0.5, 0.6) is 5.75 Å². The first kappa shape index (κ1) is 20.0. The highest BCUT2D eigenvalue weighted by Crippen LogP contribution is 2.28. The van der Waals surface area contributed by atoms with Crippen LogP contribution in [0.1, 0.15) is 13.3 Å². The number of para-hydroxylation sites is 2. The molecule has 0 unspecified atom stereocenters. The molecule has 0 N–H and O–H groups in total. The summed E-state index contributed by atoms with van der Waals surface area (Å²) in [5.41, 5.74) is 1.05. The number of hydrogen-bond acceptors (Lipinski definition) is 5. The van der Waals surface area contributed by atoms with Crippen molar-refractivity contribution in [1.29, 1.82) is 0 Å². The lowest BCUT2D eigenvalue weighted by Gasteiger charge is -2.37. The maximum absolute atomic E-state index is 12.6. The minimum absolute atomic E-state index is 0.00251. The van der Waals surface area contributed by atoms with Crippen molar-refractivity contribution in [2.45, 2.75) is 13.3 Å². The number of anilines is 1. The van der Waals surface area contributed by atoms with Gasteiger partial charge in [0, 0.05) is 53.4 Å². The fourth-order valence-electron chi connectivity index (χ4n) is 3.10. The molecule has 0 atom stereocenters. The Bertz CT molecular complexity index is 600. The van der Waals surface area contributed by atoms with Crippen molar-refractivity contribution < 1.29 is 19.1 Å². The lowest BCUT2D eigenvalue weighted by atomic mass is 10.2. The number of piperazine rings is 1. The SMILES string of the molecule is COCCCN(CC(=O)N1CCN(c2ccccc2OC)CC1)C(C)=O. The van der Waals surface area contributed by atoms with E-state index in [1.54, 1.807) is 19.1 Å². The van der Waals surface area contributed by atoms with E-state index in [1.165, 1.54) is 6.92 Å². The Morgan fingerprint density at radius 3 is 2.42 bits per heavy atom. The molecule has 0 spiro atoms. The highest BCUT2D eigenvalue weighted by Gasteiger charge is 2.24. The summed E-state index contributed by atoms with van der Waals surface area (Å²) >= 11 is 0. The molecule has 1 aliphatic heterocycles. The minimum Gasteiger partial charge on any atom is -0.495 e. The topological polar surface area (TPSA) is 62.3 Å². The fraction of sp³-hybridized carbons (Fsp3) is 0.579. The first-order chi connectivity index (χ1) is 12.6. The Kier molecular flexibility index (Phi) is 7.72. The van der Waals surface area contributed by atoms with Crippen LogP contribution in [0.3, 0.4) is 0 Å². The normalized spacial score (nSPS) is 14.3. The molecule has 1 heterocycles. The monoisotopic (exact) mass is 363 g/mol. The van der Waals surface area contributed by atoms with Gasteiger partial charge in [-0.1, -0.05) is 12.1 Å². The van der Waals surface area contributed by atoms with Crippen molar-refractivity contribution in [1.82, 2.24) is 9.80 Å². The molecule has 0 saturated carbocycles. The molecular formula is C19H29N3O4. The average molecular weight is 363 g/mol. The number of hydrogen-bond donors (Lipinski definition) is 0. The second kappa shape index (κ2) is 10.0. The van der Waals surface area contributed by atoms with E-state index in [4.69, 9.17) is 9.47 Å². The van der Waals surface area contributed by atoms with Crippen LogP contribution in [-0.2, 0) is 14.3 Å². The Morgan fingerprint density at radius 2 is 1.81 bits per heavy atom. The lowest BCUT2D eigenvalue weighted by Crippen LogP contribution is -2.52. The third-order valence-electron chi connectivity index (χ3n) is 4.61. The predicted octanol–water partition coefficient (Wildman–Crippen LogP) is 1.23. The fourth-order valence-corrected chi connectivity index (χ4v) is 3.10. The molecular weight excluding hydrogens is 334 g/mol. The first-order valence-corrected chi connectivity index (χ1v) is 8.97. The van der Waals surface area contributed by atoms with Gasteiger partial charge in [0.05, 0.1) is 19.3 Å². The summed E-state index contributed by atoms with van der Waals surface area (Å²) in [6.45, 7) is 5.52. The molecule has 0 aromatic heterocycles. The van der Waals surface area contributed by atoms with Crippen LogP contribution in [0.4, 0.5) is 5.69 Å². The third-order valence-corrected chi connectivity index (χ3v) is 4.61. The molecule has 1 aromatic carbocycles. The van der Waals surface area contributed by atoms with Crippen LogP contribution in [0, 0.1) is 0 Å². The van der Waals surface area contributed by atoms with Crippen LogP contribution in [0.2, 0.25) is 0 Å². The number of amides is 2. The van der Waals surface area contributed by atoms with Crippen molar-refractivity contribution in [2.24, 2.45) is 0 Å².